The number of rotatable bonds is 5. The molecule has 1 aromatic carbocycles. The Labute approximate surface area is 138 Å². The Hall–Kier alpha value is -2.96. The zero-order chi connectivity index (χ0) is 16.9. The topological polar surface area (TPSA) is 71.5 Å². The fraction of sp³-hybridized carbons (Fsp3) is 0.235. The molecule has 0 aliphatic carbocycles. The van der Waals surface area contributed by atoms with Crippen LogP contribution in [0, 0.1) is 5.82 Å². The van der Waals surface area contributed by atoms with Crippen molar-refractivity contribution in [1.82, 2.24) is 15.2 Å². The lowest BCUT2D eigenvalue weighted by molar-refractivity contribution is -0.125. The maximum absolute atomic E-state index is 13.0. The third-order valence-electron chi connectivity index (χ3n) is 3.73. The maximum Gasteiger partial charge on any atom is 0.410 e. The molecular weight excluding hydrogens is 313 g/mol. The Morgan fingerprint density at radius 2 is 2.08 bits per heavy atom. The molecule has 1 atom stereocenters. The minimum Gasteiger partial charge on any atom is -0.447 e. The van der Waals surface area contributed by atoms with Crippen LogP contribution in [0.4, 0.5) is 9.18 Å². The van der Waals surface area contributed by atoms with Gasteiger partial charge in [0.1, 0.15) is 18.5 Å². The summed E-state index contributed by atoms with van der Waals surface area (Å²) >= 11 is 0. The number of nitrogens with one attached hydrogen (secondary N) is 1. The molecule has 0 spiro atoms. The number of ether oxygens (including phenoxy) is 1. The van der Waals surface area contributed by atoms with Gasteiger partial charge in [0.2, 0.25) is 5.91 Å². The van der Waals surface area contributed by atoms with Gasteiger partial charge in [-0.2, -0.15) is 0 Å². The van der Waals surface area contributed by atoms with E-state index in [0.717, 1.165) is 11.1 Å². The first kappa shape index (κ1) is 15.9. The van der Waals surface area contributed by atoms with Crippen LogP contribution in [0.15, 0.2) is 48.8 Å². The molecule has 0 radical (unpaired) electrons. The van der Waals surface area contributed by atoms with Crippen LogP contribution in [0.3, 0.4) is 0 Å². The molecular formula is C17H16FN3O3. The molecule has 1 aliphatic heterocycles. The molecule has 24 heavy (non-hydrogen) atoms. The average molecular weight is 329 g/mol. The van der Waals surface area contributed by atoms with Crippen molar-refractivity contribution in [2.24, 2.45) is 0 Å². The molecule has 2 aromatic rings. The summed E-state index contributed by atoms with van der Waals surface area (Å²) in [6.45, 7) is 0.505. The van der Waals surface area contributed by atoms with Gasteiger partial charge in [0.25, 0.3) is 0 Å². The molecule has 1 aromatic heterocycles. The van der Waals surface area contributed by atoms with Crippen molar-refractivity contribution < 1.29 is 18.7 Å². The highest BCUT2D eigenvalue weighted by atomic mass is 19.1. The van der Waals surface area contributed by atoms with Crippen LogP contribution in [0.25, 0.3) is 0 Å². The number of nitrogens with zero attached hydrogens (tertiary/aromatic N) is 2. The van der Waals surface area contributed by atoms with Crippen LogP contribution >= 0.6 is 0 Å². The van der Waals surface area contributed by atoms with Gasteiger partial charge >= 0.3 is 6.09 Å². The van der Waals surface area contributed by atoms with Gasteiger partial charge in [0, 0.05) is 18.9 Å². The second-order valence-electron chi connectivity index (χ2n) is 5.43. The predicted molar refractivity (Wildman–Crippen MR) is 83.2 cm³/mol. The lowest BCUT2D eigenvalue weighted by Gasteiger charge is -2.20. The van der Waals surface area contributed by atoms with E-state index >= 15 is 0 Å². The standard InChI is InChI=1S/C17H16FN3O3/c18-14-5-3-12(4-6-14)10-21-15(11-24-17(21)23)16(22)20-9-13-2-1-7-19-8-13/h1-8,15H,9-11H2,(H,20,22)/t15-/m0/s1. The Morgan fingerprint density at radius 3 is 2.79 bits per heavy atom. The summed E-state index contributed by atoms with van der Waals surface area (Å²) in [5.41, 5.74) is 1.58. The largest absolute Gasteiger partial charge is 0.447 e. The summed E-state index contributed by atoms with van der Waals surface area (Å²) in [6.07, 6.45) is 2.76. The van der Waals surface area contributed by atoms with Gasteiger partial charge in [-0.1, -0.05) is 18.2 Å². The van der Waals surface area contributed by atoms with Crippen molar-refractivity contribution in [3.63, 3.8) is 0 Å². The van der Waals surface area contributed by atoms with Crippen molar-refractivity contribution in [1.29, 1.82) is 0 Å². The van der Waals surface area contributed by atoms with Crippen molar-refractivity contribution in [2.45, 2.75) is 19.1 Å². The van der Waals surface area contributed by atoms with Crippen LogP contribution < -0.4 is 5.32 Å². The summed E-state index contributed by atoms with van der Waals surface area (Å²) in [7, 11) is 0. The number of carbonyl (C=O) groups is 2. The van der Waals surface area contributed by atoms with Gasteiger partial charge in [0.15, 0.2) is 0 Å². The normalized spacial score (nSPS) is 16.8. The maximum atomic E-state index is 13.0. The molecule has 0 unspecified atom stereocenters. The number of benzene rings is 1. The Morgan fingerprint density at radius 1 is 1.29 bits per heavy atom. The van der Waals surface area contributed by atoms with E-state index in [9.17, 15) is 14.0 Å². The van der Waals surface area contributed by atoms with Crippen molar-refractivity contribution >= 4 is 12.0 Å². The second kappa shape index (κ2) is 7.08. The molecule has 1 fully saturated rings. The molecule has 0 bridgehead atoms. The first-order valence-corrected chi connectivity index (χ1v) is 7.48. The summed E-state index contributed by atoms with van der Waals surface area (Å²) in [5, 5.41) is 2.77. The molecule has 1 N–H and O–H groups in total. The number of halogens is 1. The van der Waals surface area contributed by atoms with E-state index in [1.165, 1.54) is 17.0 Å². The summed E-state index contributed by atoms with van der Waals surface area (Å²) in [6, 6.07) is 8.70. The first-order chi connectivity index (χ1) is 11.6. The number of cyclic esters (lactones) is 1. The minimum absolute atomic E-state index is 0.00109. The predicted octanol–water partition coefficient (Wildman–Crippen LogP) is 1.86. The number of amides is 2. The number of pyridine rings is 1. The highest BCUT2D eigenvalue weighted by Crippen LogP contribution is 2.17. The van der Waals surface area contributed by atoms with Gasteiger partial charge in [-0.05, 0) is 29.3 Å². The molecule has 124 valence electrons. The van der Waals surface area contributed by atoms with Gasteiger partial charge in [0.05, 0.1) is 6.54 Å². The van der Waals surface area contributed by atoms with E-state index < -0.39 is 12.1 Å². The van der Waals surface area contributed by atoms with Gasteiger partial charge < -0.3 is 10.1 Å². The lowest BCUT2D eigenvalue weighted by Crippen LogP contribution is -2.45. The van der Waals surface area contributed by atoms with Gasteiger partial charge in [-0.3, -0.25) is 14.7 Å². The number of hydrogen-bond acceptors (Lipinski definition) is 4. The van der Waals surface area contributed by atoms with Crippen LogP contribution in [0.5, 0.6) is 0 Å². The summed E-state index contributed by atoms with van der Waals surface area (Å²) in [5.74, 6) is -0.652. The van der Waals surface area contributed by atoms with Crippen molar-refractivity contribution in [2.75, 3.05) is 6.61 Å². The van der Waals surface area contributed by atoms with Gasteiger partial charge in [-0.25, -0.2) is 9.18 Å². The smallest absolute Gasteiger partial charge is 0.410 e. The fourth-order valence-electron chi connectivity index (χ4n) is 2.44. The van der Waals surface area contributed by atoms with Crippen LogP contribution in [0.2, 0.25) is 0 Å². The SMILES string of the molecule is O=C(NCc1cccnc1)[C@@H]1COC(=O)N1Cc1ccc(F)cc1. The third kappa shape index (κ3) is 3.68. The highest BCUT2D eigenvalue weighted by molar-refractivity contribution is 5.87. The molecule has 2 amide bonds. The number of carbonyl (C=O) groups excluding carboxylic acids is 2. The molecule has 2 heterocycles. The molecule has 7 heteroatoms. The Kier molecular flexibility index (Phi) is 4.69. The molecule has 6 nitrogen and oxygen atoms in total. The van der Waals surface area contributed by atoms with Crippen molar-refractivity contribution in [3.8, 4) is 0 Å². The zero-order valence-corrected chi connectivity index (χ0v) is 12.8. The third-order valence-corrected chi connectivity index (χ3v) is 3.73. The molecule has 1 saturated heterocycles. The molecule has 0 saturated carbocycles. The Balaban J connectivity index is 1.63. The van der Waals surface area contributed by atoms with E-state index in [4.69, 9.17) is 4.74 Å². The van der Waals surface area contributed by atoms with E-state index in [1.54, 1.807) is 30.6 Å². The molecule has 1 aliphatic rings. The second-order valence-corrected chi connectivity index (χ2v) is 5.43. The van der Waals surface area contributed by atoms with Crippen molar-refractivity contribution in [3.05, 3.63) is 65.7 Å². The zero-order valence-electron chi connectivity index (χ0n) is 12.8. The Bertz CT molecular complexity index is 722. The number of hydrogen-bond donors (Lipinski definition) is 1. The van der Waals surface area contributed by atoms with Gasteiger partial charge in [-0.15, -0.1) is 0 Å². The number of aromatic nitrogens is 1. The van der Waals surface area contributed by atoms with E-state index in [-0.39, 0.29) is 24.9 Å². The summed E-state index contributed by atoms with van der Waals surface area (Å²) < 4.78 is 18.0. The summed E-state index contributed by atoms with van der Waals surface area (Å²) in [4.78, 5) is 29.5. The minimum atomic E-state index is -0.709. The van der Waals surface area contributed by atoms with E-state index in [2.05, 4.69) is 10.3 Å². The quantitative estimate of drug-likeness (QED) is 0.909. The first-order valence-electron chi connectivity index (χ1n) is 7.48. The van der Waals surface area contributed by atoms with Crippen LogP contribution in [0.1, 0.15) is 11.1 Å². The van der Waals surface area contributed by atoms with Crippen LogP contribution in [-0.2, 0) is 22.6 Å². The molecule has 3 rings (SSSR count). The van der Waals surface area contributed by atoms with E-state index in [1.807, 2.05) is 6.07 Å². The highest BCUT2D eigenvalue weighted by Gasteiger charge is 2.37. The fourth-order valence-corrected chi connectivity index (χ4v) is 2.44. The van der Waals surface area contributed by atoms with Crippen LogP contribution in [-0.4, -0.2) is 34.5 Å². The lowest BCUT2D eigenvalue weighted by atomic mass is 10.2. The van der Waals surface area contributed by atoms with E-state index in [0.29, 0.717) is 6.54 Å². The average Bonchev–Trinajstić information content (AvgIpc) is 2.96. The monoisotopic (exact) mass is 329 g/mol.